The molecule has 1 fully saturated rings. The molecule has 0 aliphatic carbocycles. The molecule has 1 rings (SSSR count). The monoisotopic (exact) mass is 142 g/mol. The minimum absolute atomic E-state index is 0.420. The summed E-state index contributed by atoms with van der Waals surface area (Å²) in [5.41, 5.74) is 0. The fourth-order valence-electron chi connectivity index (χ4n) is 1.27. The second kappa shape index (κ2) is 3.56. The molecule has 10 heavy (non-hydrogen) atoms. The van der Waals surface area contributed by atoms with Crippen LogP contribution in [0.4, 0.5) is 0 Å². The third kappa shape index (κ3) is 1.70. The van der Waals surface area contributed by atoms with E-state index in [0.717, 1.165) is 26.0 Å². The Bertz CT molecular complexity index is 110. The van der Waals surface area contributed by atoms with Crippen molar-refractivity contribution in [3.8, 4) is 0 Å². The second-order valence-corrected chi connectivity index (χ2v) is 2.74. The highest BCUT2D eigenvalue weighted by Gasteiger charge is 2.24. The van der Waals surface area contributed by atoms with E-state index in [1.54, 1.807) is 0 Å². The minimum atomic E-state index is 0.420. The van der Waals surface area contributed by atoms with Gasteiger partial charge in [-0.15, -0.1) is 0 Å². The summed E-state index contributed by atoms with van der Waals surface area (Å²) < 4.78 is 0. The number of nitrogens with zero attached hydrogens (tertiary/aromatic N) is 1. The molecule has 0 atom stereocenters. The van der Waals surface area contributed by atoms with E-state index in [-0.39, 0.29) is 0 Å². The van der Waals surface area contributed by atoms with Gasteiger partial charge in [0.2, 0.25) is 6.41 Å². The van der Waals surface area contributed by atoms with Gasteiger partial charge in [-0.3, -0.25) is 9.69 Å². The Morgan fingerprint density at radius 2 is 2.40 bits per heavy atom. The molecule has 58 valence electrons. The van der Waals surface area contributed by atoms with E-state index in [9.17, 15) is 4.79 Å². The molecule has 1 aliphatic heterocycles. The zero-order valence-corrected chi connectivity index (χ0v) is 6.34. The van der Waals surface area contributed by atoms with Gasteiger partial charge in [0.15, 0.2) is 0 Å². The van der Waals surface area contributed by atoms with Crippen molar-refractivity contribution in [2.45, 2.75) is 19.4 Å². The van der Waals surface area contributed by atoms with Crippen molar-refractivity contribution >= 4 is 6.41 Å². The maximum atomic E-state index is 9.94. The van der Waals surface area contributed by atoms with Crippen LogP contribution in [0.25, 0.3) is 0 Å². The van der Waals surface area contributed by atoms with Crippen molar-refractivity contribution in [2.24, 2.45) is 0 Å². The molecule has 0 aromatic carbocycles. The van der Waals surface area contributed by atoms with E-state index in [1.165, 1.54) is 6.42 Å². The highest BCUT2D eigenvalue weighted by Crippen LogP contribution is 2.06. The van der Waals surface area contributed by atoms with E-state index in [2.05, 4.69) is 17.1 Å². The lowest BCUT2D eigenvalue weighted by Crippen LogP contribution is -2.57. The van der Waals surface area contributed by atoms with Crippen molar-refractivity contribution in [3.63, 3.8) is 0 Å². The molecule has 0 aromatic rings. The first kappa shape index (κ1) is 7.54. The van der Waals surface area contributed by atoms with Crippen LogP contribution in [0.2, 0.25) is 0 Å². The van der Waals surface area contributed by atoms with Crippen molar-refractivity contribution in [2.75, 3.05) is 19.6 Å². The van der Waals surface area contributed by atoms with Crippen LogP contribution in [-0.4, -0.2) is 37.0 Å². The molecule has 0 radical (unpaired) electrons. The van der Waals surface area contributed by atoms with Crippen LogP contribution < -0.4 is 5.32 Å². The van der Waals surface area contributed by atoms with Crippen molar-refractivity contribution in [3.05, 3.63) is 0 Å². The van der Waals surface area contributed by atoms with Crippen molar-refractivity contribution in [1.29, 1.82) is 0 Å². The first-order chi connectivity index (χ1) is 4.86. The van der Waals surface area contributed by atoms with E-state index in [4.69, 9.17) is 0 Å². The zero-order valence-electron chi connectivity index (χ0n) is 6.34. The van der Waals surface area contributed by atoms with Gasteiger partial charge in [-0.25, -0.2) is 0 Å². The van der Waals surface area contributed by atoms with Crippen LogP contribution in [0.15, 0.2) is 0 Å². The van der Waals surface area contributed by atoms with Crippen LogP contribution >= 0.6 is 0 Å². The van der Waals surface area contributed by atoms with Crippen molar-refractivity contribution < 1.29 is 4.79 Å². The average Bonchev–Trinajstić information content (AvgIpc) is 1.84. The third-order valence-corrected chi connectivity index (χ3v) is 1.80. The van der Waals surface area contributed by atoms with Gasteiger partial charge in [-0.2, -0.15) is 0 Å². The Labute approximate surface area is 61.4 Å². The summed E-state index contributed by atoms with van der Waals surface area (Å²) in [6.07, 6.45) is 1.99. The highest BCUT2D eigenvalue weighted by molar-refractivity contribution is 5.47. The van der Waals surface area contributed by atoms with Crippen LogP contribution in [-0.2, 0) is 4.79 Å². The normalized spacial score (nSPS) is 20.1. The smallest absolute Gasteiger partial charge is 0.207 e. The first-order valence-electron chi connectivity index (χ1n) is 3.79. The topological polar surface area (TPSA) is 32.3 Å². The SMILES string of the molecule is CCCN1CC(NC=O)C1. The van der Waals surface area contributed by atoms with Gasteiger partial charge in [-0.1, -0.05) is 6.92 Å². The molecule has 1 aliphatic rings. The highest BCUT2D eigenvalue weighted by atomic mass is 16.1. The van der Waals surface area contributed by atoms with Gasteiger partial charge in [0.05, 0.1) is 6.04 Å². The minimum Gasteiger partial charge on any atom is -0.353 e. The summed E-state index contributed by atoms with van der Waals surface area (Å²) in [6.45, 7) is 5.40. The van der Waals surface area contributed by atoms with Gasteiger partial charge in [0, 0.05) is 13.1 Å². The van der Waals surface area contributed by atoms with Crippen LogP contribution in [0.1, 0.15) is 13.3 Å². The molecule has 3 heteroatoms. The quantitative estimate of drug-likeness (QED) is 0.552. The standard InChI is InChI=1S/C7H14N2O/c1-2-3-9-4-7(5-9)8-6-10/h6-7H,2-5H2,1H3,(H,8,10). The predicted octanol–water partition coefficient (Wildman–Crippen LogP) is -0.173. The maximum Gasteiger partial charge on any atom is 0.207 e. The molecule has 0 unspecified atom stereocenters. The number of hydrogen-bond acceptors (Lipinski definition) is 2. The number of hydrogen-bond donors (Lipinski definition) is 1. The molecule has 1 amide bonds. The molecular formula is C7H14N2O. The molecule has 0 aromatic heterocycles. The average molecular weight is 142 g/mol. The Balaban J connectivity index is 2.00. The Kier molecular flexibility index (Phi) is 2.68. The number of amides is 1. The molecule has 3 nitrogen and oxygen atoms in total. The number of nitrogens with one attached hydrogen (secondary N) is 1. The largest absolute Gasteiger partial charge is 0.353 e. The molecule has 0 saturated carbocycles. The van der Waals surface area contributed by atoms with Crippen LogP contribution in [0.3, 0.4) is 0 Å². The first-order valence-corrected chi connectivity index (χ1v) is 3.79. The molecule has 1 N–H and O–H groups in total. The number of rotatable bonds is 4. The predicted molar refractivity (Wildman–Crippen MR) is 39.7 cm³/mol. The molecule has 0 bridgehead atoms. The molecular weight excluding hydrogens is 128 g/mol. The number of likely N-dealkylation sites (tertiary alicyclic amines) is 1. The Morgan fingerprint density at radius 1 is 1.70 bits per heavy atom. The molecule has 0 spiro atoms. The van der Waals surface area contributed by atoms with Gasteiger partial charge < -0.3 is 5.32 Å². The fraction of sp³-hybridized carbons (Fsp3) is 0.857. The lowest BCUT2D eigenvalue weighted by Gasteiger charge is -2.38. The summed E-state index contributed by atoms with van der Waals surface area (Å²) in [6, 6.07) is 0.420. The van der Waals surface area contributed by atoms with Crippen LogP contribution in [0, 0.1) is 0 Å². The Hall–Kier alpha value is -0.570. The lowest BCUT2D eigenvalue weighted by molar-refractivity contribution is -0.111. The summed E-state index contributed by atoms with van der Waals surface area (Å²) >= 11 is 0. The summed E-state index contributed by atoms with van der Waals surface area (Å²) in [5, 5.41) is 2.75. The molecule has 1 heterocycles. The van der Waals surface area contributed by atoms with E-state index >= 15 is 0 Å². The van der Waals surface area contributed by atoms with E-state index in [0.29, 0.717) is 6.04 Å². The number of carbonyl (C=O) groups is 1. The molecule has 1 saturated heterocycles. The summed E-state index contributed by atoms with van der Waals surface area (Å²) in [7, 11) is 0. The summed E-state index contributed by atoms with van der Waals surface area (Å²) in [5.74, 6) is 0. The van der Waals surface area contributed by atoms with E-state index in [1.807, 2.05) is 0 Å². The fourth-order valence-corrected chi connectivity index (χ4v) is 1.27. The van der Waals surface area contributed by atoms with Gasteiger partial charge >= 0.3 is 0 Å². The van der Waals surface area contributed by atoms with Gasteiger partial charge in [0.25, 0.3) is 0 Å². The zero-order chi connectivity index (χ0) is 7.40. The number of carbonyl (C=O) groups excluding carboxylic acids is 1. The third-order valence-electron chi connectivity index (χ3n) is 1.80. The maximum absolute atomic E-state index is 9.94. The second-order valence-electron chi connectivity index (χ2n) is 2.74. The van der Waals surface area contributed by atoms with Crippen molar-refractivity contribution in [1.82, 2.24) is 10.2 Å². The van der Waals surface area contributed by atoms with Crippen LogP contribution in [0.5, 0.6) is 0 Å². The Morgan fingerprint density at radius 3 is 2.90 bits per heavy atom. The lowest BCUT2D eigenvalue weighted by atomic mass is 10.1. The summed E-state index contributed by atoms with van der Waals surface area (Å²) in [4.78, 5) is 12.3. The van der Waals surface area contributed by atoms with E-state index < -0.39 is 0 Å². The van der Waals surface area contributed by atoms with Gasteiger partial charge in [-0.05, 0) is 13.0 Å². The van der Waals surface area contributed by atoms with Gasteiger partial charge in [0.1, 0.15) is 0 Å².